The summed E-state index contributed by atoms with van der Waals surface area (Å²) in [5.74, 6) is 0.348. The normalized spacial score (nSPS) is 16.4. The fourth-order valence-electron chi connectivity index (χ4n) is 1.33. The highest BCUT2D eigenvalue weighted by molar-refractivity contribution is 7.91. The summed E-state index contributed by atoms with van der Waals surface area (Å²) < 4.78 is 22.5. The molecule has 1 atom stereocenters. The van der Waals surface area contributed by atoms with Gasteiger partial charge in [0.1, 0.15) is 9.84 Å². The summed E-state index contributed by atoms with van der Waals surface area (Å²) in [5.41, 5.74) is -0.826. The van der Waals surface area contributed by atoms with Crippen molar-refractivity contribution in [3.05, 3.63) is 0 Å². The fraction of sp³-hybridized carbons (Fsp3) is 1.00. The van der Waals surface area contributed by atoms with E-state index in [1.54, 1.807) is 13.8 Å². The van der Waals surface area contributed by atoms with E-state index in [1.165, 1.54) is 0 Å². The Balaban J connectivity index is 3.91. The molecule has 5 heteroatoms. The van der Waals surface area contributed by atoms with Crippen molar-refractivity contribution in [2.24, 2.45) is 0 Å². The van der Waals surface area contributed by atoms with Crippen LogP contribution in [0.15, 0.2) is 0 Å². The van der Waals surface area contributed by atoms with Gasteiger partial charge in [-0.25, -0.2) is 8.42 Å². The SMILES string of the molecule is CCS(=O)(=O)CCCC(C)(O)CNC(C)C. The second kappa shape index (κ2) is 6.57. The number of sulfone groups is 1. The molecule has 0 bridgehead atoms. The van der Waals surface area contributed by atoms with Gasteiger partial charge in [0.2, 0.25) is 0 Å². The second-order valence-corrected chi connectivity index (χ2v) is 7.35. The number of aliphatic hydroxyl groups is 1. The van der Waals surface area contributed by atoms with Gasteiger partial charge in [0.25, 0.3) is 0 Å². The first kappa shape index (κ1) is 15.9. The summed E-state index contributed by atoms with van der Waals surface area (Å²) in [4.78, 5) is 0. The molecule has 0 aromatic carbocycles. The summed E-state index contributed by atoms with van der Waals surface area (Å²) in [7, 11) is -2.90. The molecule has 16 heavy (non-hydrogen) atoms. The van der Waals surface area contributed by atoms with E-state index in [1.807, 2.05) is 13.8 Å². The molecule has 0 aliphatic heterocycles. The van der Waals surface area contributed by atoms with Gasteiger partial charge in [-0.1, -0.05) is 20.8 Å². The van der Waals surface area contributed by atoms with Gasteiger partial charge in [-0.3, -0.25) is 0 Å². The molecule has 0 amide bonds. The molecule has 1 unspecified atom stereocenters. The van der Waals surface area contributed by atoms with Crippen LogP contribution in [0.5, 0.6) is 0 Å². The van der Waals surface area contributed by atoms with Gasteiger partial charge in [0.05, 0.1) is 11.4 Å². The van der Waals surface area contributed by atoms with Crippen LogP contribution < -0.4 is 5.32 Å². The van der Waals surface area contributed by atoms with Gasteiger partial charge in [-0.15, -0.1) is 0 Å². The Bertz CT molecular complexity index is 284. The highest BCUT2D eigenvalue weighted by Gasteiger charge is 2.21. The fourth-order valence-corrected chi connectivity index (χ4v) is 2.20. The Morgan fingerprint density at radius 2 is 1.94 bits per heavy atom. The molecule has 0 radical (unpaired) electrons. The van der Waals surface area contributed by atoms with Gasteiger partial charge in [0, 0.05) is 18.3 Å². The number of nitrogens with one attached hydrogen (secondary N) is 1. The van der Waals surface area contributed by atoms with Crippen molar-refractivity contribution < 1.29 is 13.5 Å². The van der Waals surface area contributed by atoms with Crippen LogP contribution in [0.4, 0.5) is 0 Å². The lowest BCUT2D eigenvalue weighted by atomic mass is 10.0. The highest BCUT2D eigenvalue weighted by Crippen LogP contribution is 2.12. The molecule has 0 rings (SSSR count). The standard InChI is InChI=1S/C11H25NO3S/c1-5-16(14,15)8-6-7-11(4,13)9-12-10(2)3/h10,12-13H,5-9H2,1-4H3. The van der Waals surface area contributed by atoms with Gasteiger partial charge in [-0.2, -0.15) is 0 Å². The zero-order valence-electron chi connectivity index (χ0n) is 10.8. The molecule has 0 aliphatic rings. The van der Waals surface area contributed by atoms with E-state index < -0.39 is 15.4 Å². The van der Waals surface area contributed by atoms with Crippen molar-refractivity contribution in [1.29, 1.82) is 0 Å². The molecule has 0 spiro atoms. The van der Waals surface area contributed by atoms with Crippen LogP contribution in [0.1, 0.15) is 40.5 Å². The van der Waals surface area contributed by atoms with Gasteiger partial charge in [0.15, 0.2) is 0 Å². The van der Waals surface area contributed by atoms with Crippen molar-refractivity contribution in [1.82, 2.24) is 5.32 Å². The topological polar surface area (TPSA) is 66.4 Å². The predicted molar refractivity (Wildman–Crippen MR) is 67.3 cm³/mol. The zero-order chi connectivity index (χ0) is 12.8. The van der Waals surface area contributed by atoms with E-state index in [4.69, 9.17) is 0 Å². The van der Waals surface area contributed by atoms with E-state index in [9.17, 15) is 13.5 Å². The maximum Gasteiger partial charge on any atom is 0.150 e. The average molecular weight is 251 g/mol. The van der Waals surface area contributed by atoms with Crippen molar-refractivity contribution >= 4 is 9.84 Å². The Morgan fingerprint density at radius 3 is 2.38 bits per heavy atom. The van der Waals surface area contributed by atoms with Crippen LogP contribution in [0.25, 0.3) is 0 Å². The largest absolute Gasteiger partial charge is 0.389 e. The Labute approximate surface area is 99.4 Å². The molecule has 98 valence electrons. The minimum absolute atomic E-state index is 0.168. The lowest BCUT2D eigenvalue weighted by molar-refractivity contribution is 0.0484. The lowest BCUT2D eigenvalue weighted by Gasteiger charge is -2.25. The Morgan fingerprint density at radius 1 is 1.38 bits per heavy atom. The summed E-state index contributed by atoms with van der Waals surface area (Å²) in [6.07, 6.45) is 1.02. The molecule has 0 heterocycles. The van der Waals surface area contributed by atoms with Crippen LogP contribution in [-0.2, 0) is 9.84 Å². The maximum atomic E-state index is 11.3. The molecule has 0 fully saturated rings. The third-order valence-corrected chi connectivity index (χ3v) is 4.29. The van der Waals surface area contributed by atoms with E-state index in [0.717, 1.165) is 0 Å². The molecule has 0 aliphatic carbocycles. The first-order chi connectivity index (χ1) is 7.18. The molecular weight excluding hydrogens is 226 g/mol. The third kappa shape index (κ3) is 8.07. The molecule has 4 nitrogen and oxygen atoms in total. The molecule has 0 saturated carbocycles. The van der Waals surface area contributed by atoms with Crippen molar-refractivity contribution in [3.8, 4) is 0 Å². The van der Waals surface area contributed by atoms with Crippen LogP contribution in [0, 0.1) is 0 Å². The summed E-state index contributed by atoms with van der Waals surface area (Å²) in [6.45, 7) is 7.90. The smallest absolute Gasteiger partial charge is 0.150 e. The first-order valence-electron chi connectivity index (χ1n) is 5.85. The van der Waals surface area contributed by atoms with Crippen molar-refractivity contribution in [3.63, 3.8) is 0 Å². The predicted octanol–water partition coefficient (Wildman–Crippen LogP) is 0.950. The van der Waals surface area contributed by atoms with Crippen LogP contribution in [0.3, 0.4) is 0 Å². The molecule has 0 aromatic rings. The monoisotopic (exact) mass is 251 g/mol. The minimum Gasteiger partial charge on any atom is -0.389 e. The quantitative estimate of drug-likeness (QED) is 0.674. The van der Waals surface area contributed by atoms with Crippen LogP contribution in [-0.4, -0.2) is 43.2 Å². The van der Waals surface area contributed by atoms with Gasteiger partial charge >= 0.3 is 0 Å². The summed E-state index contributed by atoms with van der Waals surface area (Å²) in [6, 6.07) is 0.325. The first-order valence-corrected chi connectivity index (χ1v) is 7.67. The lowest BCUT2D eigenvalue weighted by Crippen LogP contribution is -2.40. The van der Waals surface area contributed by atoms with Gasteiger partial charge in [-0.05, 0) is 19.8 Å². The summed E-state index contributed by atoms with van der Waals surface area (Å²) in [5, 5.41) is 13.1. The van der Waals surface area contributed by atoms with E-state index in [0.29, 0.717) is 25.4 Å². The number of rotatable bonds is 8. The average Bonchev–Trinajstić information content (AvgIpc) is 2.14. The van der Waals surface area contributed by atoms with E-state index >= 15 is 0 Å². The molecule has 2 N–H and O–H groups in total. The summed E-state index contributed by atoms with van der Waals surface area (Å²) >= 11 is 0. The second-order valence-electron chi connectivity index (χ2n) is 4.87. The number of hydrogen-bond acceptors (Lipinski definition) is 4. The molecule has 0 aromatic heterocycles. The minimum atomic E-state index is -2.90. The third-order valence-electron chi connectivity index (χ3n) is 2.50. The van der Waals surface area contributed by atoms with Gasteiger partial charge < -0.3 is 10.4 Å². The van der Waals surface area contributed by atoms with Crippen molar-refractivity contribution in [2.75, 3.05) is 18.1 Å². The maximum absolute atomic E-state index is 11.3. The number of hydrogen-bond donors (Lipinski definition) is 2. The molecular formula is C11H25NO3S. The van der Waals surface area contributed by atoms with Crippen LogP contribution in [0.2, 0.25) is 0 Å². The van der Waals surface area contributed by atoms with Crippen LogP contribution >= 0.6 is 0 Å². The zero-order valence-corrected chi connectivity index (χ0v) is 11.6. The Kier molecular flexibility index (Phi) is 6.51. The van der Waals surface area contributed by atoms with E-state index in [-0.39, 0.29) is 11.5 Å². The Hall–Kier alpha value is -0.130. The van der Waals surface area contributed by atoms with E-state index in [2.05, 4.69) is 5.32 Å². The highest BCUT2D eigenvalue weighted by atomic mass is 32.2. The van der Waals surface area contributed by atoms with Crippen molar-refractivity contribution in [2.45, 2.75) is 52.2 Å². The molecule has 0 saturated heterocycles.